The number of nitro groups is 1. The van der Waals surface area contributed by atoms with Crippen LogP contribution >= 0.6 is 0 Å². The zero-order chi connectivity index (χ0) is 13.7. The molecule has 0 bridgehead atoms. The second-order valence-electron chi connectivity index (χ2n) is 3.98. The molecule has 0 aliphatic heterocycles. The lowest BCUT2D eigenvalue weighted by Gasteiger charge is -2.11. The summed E-state index contributed by atoms with van der Waals surface area (Å²) in [5.41, 5.74) is 5.09. The van der Waals surface area contributed by atoms with E-state index in [2.05, 4.69) is 5.32 Å². The van der Waals surface area contributed by atoms with Crippen molar-refractivity contribution in [3.05, 3.63) is 39.7 Å². The number of amides is 1. The number of halogens is 1. The molecule has 0 heterocycles. The van der Waals surface area contributed by atoms with Gasteiger partial charge in [0.15, 0.2) is 0 Å². The molecule has 1 rings (SSSR count). The number of nitro benzene ring substituents is 1. The van der Waals surface area contributed by atoms with Crippen LogP contribution in [0.4, 0.5) is 10.1 Å². The van der Waals surface area contributed by atoms with Crippen molar-refractivity contribution in [2.45, 2.75) is 25.9 Å². The van der Waals surface area contributed by atoms with Gasteiger partial charge in [-0.2, -0.15) is 0 Å². The van der Waals surface area contributed by atoms with E-state index in [1.54, 1.807) is 6.92 Å². The number of hydrogen-bond donors (Lipinski definition) is 2. The second kappa shape index (κ2) is 6.06. The van der Waals surface area contributed by atoms with Gasteiger partial charge < -0.3 is 11.1 Å². The highest BCUT2D eigenvalue weighted by molar-refractivity contribution is 5.74. The van der Waals surface area contributed by atoms with Crippen LogP contribution in [-0.2, 0) is 11.3 Å². The fourth-order valence-corrected chi connectivity index (χ4v) is 1.53. The highest BCUT2D eigenvalue weighted by atomic mass is 19.1. The molecule has 0 saturated heterocycles. The van der Waals surface area contributed by atoms with Crippen LogP contribution in [0.3, 0.4) is 0 Å². The first-order valence-electron chi connectivity index (χ1n) is 5.34. The van der Waals surface area contributed by atoms with E-state index in [0.717, 1.165) is 18.2 Å². The highest BCUT2D eigenvalue weighted by Crippen LogP contribution is 2.19. The van der Waals surface area contributed by atoms with Crippen LogP contribution in [0, 0.1) is 15.9 Å². The number of nitrogens with zero attached hydrogens (tertiary/aromatic N) is 1. The Hall–Kier alpha value is -2.02. The quantitative estimate of drug-likeness (QED) is 0.587. The van der Waals surface area contributed by atoms with E-state index in [4.69, 9.17) is 5.73 Å². The lowest BCUT2D eigenvalue weighted by Crippen LogP contribution is -2.30. The van der Waals surface area contributed by atoms with Crippen molar-refractivity contribution in [3.63, 3.8) is 0 Å². The maximum atomic E-state index is 13.0. The molecule has 0 aromatic heterocycles. The van der Waals surface area contributed by atoms with Gasteiger partial charge in [0.05, 0.1) is 4.92 Å². The summed E-state index contributed by atoms with van der Waals surface area (Å²) in [7, 11) is 0. The van der Waals surface area contributed by atoms with Crippen molar-refractivity contribution < 1.29 is 14.1 Å². The Morgan fingerprint density at radius 3 is 2.83 bits per heavy atom. The number of carbonyl (C=O) groups is 1. The van der Waals surface area contributed by atoms with E-state index in [-0.39, 0.29) is 30.3 Å². The molecule has 98 valence electrons. The van der Waals surface area contributed by atoms with E-state index >= 15 is 0 Å². The maximum absolute atomic E-state index is 13.0. The van der Waals surface area contributed by atoms with Gasteiger partial charge in [-0.05, 0) is 19.1 Å². The Morgan fingerprint density at radius 1 is 1.61 bits per heavy atom. The topological polar surface area (TPSA) is 98.3 Å². The molecule has 1 amide bonds. The molecule has 0 fully saturated rings. The van der Waals surface area contributed by atoms with Crippen molar-refractivity contribution in [2.24, 2.45) is 5.73 Å². The van der Waals surface area contributed by atoms with E-state index in [1.807, 2.05) is 0 Å². The Balaban J connectivity index is 2.74. The average Bonchev–Trinajstić information content (AvgIpc) is 2.25. The summed E-state index contributed by atoms with van der Waals surface area (Å²) >= 11 is 0. The van der Waals surface area contributed by atoms with Crippen molar-refractivity contribution in [3.8, 4) is 0 Å². The number of carbonyl (C=O) groups excluding carboxylic acids is 1. The molecule has 7 heteroatoms. The van der Waals surface area contributed by atoms with Crippen molar-refractivity contribution in [2.75, 3.05) is 0 Å². The molecular formula is C11H14FN3O3. The van der Waals surface area contributed by atoms with Gasteiger partial charge in [-0.3, -0.25) is 14.9 Å². The van der Waals surface area contributed by atoms with Crippen molar-refractivity contribution >= 4 is 11.6 Å². The molecule has 0 spiro atoms. The van der Waals surface area contributed by atoms with Gasteiger partial charge in [-0.1, -0.05) is 0 Å². The number of rotatable bonds is 6. The van der Waals surface area contributed by atoms with Gasteiger partial charge >= 0.3 is 0 Å². The Labute approximate surface area is 103 Å². The summed E-state index contributed by atoms with van der Waals surface area (Å²) in [4.78, 5) is 20.8. The van der Waals surface area contributed by atoms with Crippen molar-refractivity contribution in [1.29, 1.82) is 0 Å². The third-order valence-corrected chi connectivity index (χ3v) is 2.39. The van der Waals surface area contributed by atoms with Gasteiger partial charge in [-0.25, -0.2) is 4.39 Å². The first kappa shape index (κ1) is 14.0. The summed E-state index contributed by atoms with van der Waals surface area (Å²) in [6, 6.07) is 3.02. The SMILES string of the molecule is CC(CC(N)=O)NCc1cc(F)ccc1[N+](=O)[O-]. The lowest BCUT2D eigenvalue weighted by molar-refractivity contribution is -0.385. The maximum Gasteiger partial charge on any atom is 0.274 e. The first-order valence-corrected chi connectivity index (χ1v) is 5.34. The van der Waals surface area contributed by atoms with Crippen LogP contribution in [0.15, 0.2) is 18.2 Å². The van der Waals surface area contributed by atoms with E-state index < -0.39 is 16.6 Å². The van der Waals surface area contributed by atoms with Crippen molar-refractivity contribution in [1.82, 2.24) is 5.32 Å². The number of nitrogens with one attached hydrogen (secondary N) is 1. The summed E-state index contributed by atoms with van der Waals surface area (Å²) in [6.45, 7) is 1.82. The number of hydrogen-bond acceptors (Lipinski definition) is 4. The highest BCUT2D eigenvalue weighted by Gasteiger charge is 2.15. The van der Waals surface area contributed by atoms with E-state index in [0.29, 0.717) is 0 Å². The van der Waals surface area contributed by atoms with Crippen LogP contribution in [0.25, 0.3) is 0 Å². The van der Waals surface area contributed by atoms with Crippen LogP contribution < -0.4 is 11.1 Å². The summed E-state index contributed by atoms with van der Waals surface area (Å²) in [5.74, 6) is -1.01. The monoisotopic (exact) mass is 255 g/mol. The normalized spacial score (nSPS) is 12.1. The number of nitrogens with two attached hydrogens (primary N) is 1. The fourth-order valence-electron chi connectivity index (χ4n) is 1.53. The molecule has 0 aliphatic carbocycles. The summed E-state index contributed by atoms with van der Waals surface area (Å²) < 4.78 is 13.0. The predicted octanol–water partition coefficient (Wildman–Crippen LogP) is 1.09. The molecule has 0 radical (unpaired) electrons. The Bertz CT molecular complexity index is 465. The average molecular weight is 255 g/mol. The smallest absolute Gasteiger partial charge is 0.274 e. The molecule has 1 atom stereocenters. The third-order valence-electron chi connectivity index (χ3n) is 2.39. The summed E-state index contributed by atoms with van der Waals surface area (Å²) in [5, 5.41) is 13.6. The molecular weight excluding hydrogens is 241 g/mol. The van der Waals surface area contributed by atoms with E-state index in [1.165, 1.54) is 0 Å². The van der Waals surface area contributed by atoms with Gasteiger partial charge in [0, 0.05) is 30.6 Å². The standard InChI is InChI=1S/C11H14FN3O3/c1-7(4-11(13)16)14-6-8-5-9(12)2-3-10(8)15(17)18/h2-3,5,7,14H,4,6H2,1H3,(H2,13,16). The van der Waals surface area contributed by atoms with Crippen LogP contribution in [0.1, 0.15) is 18.9 Å². The minimum atomic E-state index is -0.574. The molecule has 1 aromatic rings. The van der Waals surface area contributed by atoms with Gasteiger partial charge in [-0.15, -0.1) is 0 Å². The van der Waals surface area contributed by atoms with Crippen LogP contribution in [0.5, 0.6) is 0 Å². The third kappa shape index (κ3) is 4.10. The van der Waals surface area contributed by atoms with Gasteiger partial charge in [0.25, 0.3) is 5.69 Å². The van der Waals surface area contributed by atoms with Gasteiger partial charge in [0.1, 0.15) is 5.82 Å². The minimum Gasteiger partial charge on any atom is -0.370 e. The zero-order valence-corrected chi connectivity index (χ0v) is 9.85. The molecule has 3 N–H and O–H groups in total. The van der Waals surface area contributed by atoms with Crippen LogP contribution in [-0.4, -0.2) is 16.9 Å². The molecule has 6 nitrogen and oxygen atoms in total. The lowest BCUT2D eigenvalue weighted by atomic mass is 10.1. The molecule has 0 aliphatic rings. The minimum absolute atomic E-state index is 0.0997. The number of primary amides is 1. The molecule has 0 saturated carbocycles. The Morgan fingerprint density at radius 2 is 2.28 bits per heavy atom. The number of benzene rings is 1. The molecule has 18 heavy (non-hydrogen) atoms. The Kier molecular flexibility index (Phi) is 4.73. The zero-order valence-electron chi connectivity index (χ0n) is 9.85. The summed E-state index contributed by atoms with van der Waals surface area (Å²) in [6.07, 6.45) is 0.114. The molecule has 1 aromatic carbocycles. The second-order valence-corrected chi connectivity index (χ2v) is 3.98. The predicted molar refractivity (Wildman–Crippen MR) is 63.2 cm³/mol. The van der Waals surface area contributed by atoms with Gasteiger partial charge in [0.2, 0.25) is 5.91 Å². The van der Waals surface area contributed by atoms with Crippen LogP contribution in [0.2, 0.25) is 0 Å². The largest absolute Gasteiger partial charge is 0.370 e. The fraction of sp³-hybridized carbons (Fsp3) is 0.364. The molecule has 1 unspecified atom stereocenters. The van der Waals surface area contributed by atoms with E-state index in [9.17, 15) is 19.3 Å². The first-order chi connectivity index (χ1) is 8.40.